The minimum atomic E-state index is -3.68. The van der Waals surface area contributed by atoms with Crippen molar-refractivity contribution in [1.29, 1.82) is 5.26 Å². The second kappa shape index (κ2) is 5.19. The van der Waals surface area contributed by atoms with Gasteiger partial charge in [0.05, 0.1) is 6.07 Å². The molecule has 0 saturated heterocycles. The summed E-state index contributed by atoms with van der Waals surface area (Å²) in [5, 5.41) is 14.3. The van der Waals surface area contributed by atoms with Gasteiger partial charge in [-0.3, -0.25) is 9.82 Å². The molecule has 0 aromatic carbocycles. The van der Waals surface area contributed by atoms with Gasteiger partial charge < -0.3 is 0 Å². The van der Waals surface area contributed by atoms with Gasteiger partial charge in [-0.15, -0.1) is 0 Å². The zero-order valence-corrected chi connectivity index (χ0v) is 10.9. The molecule has 1 heterocycles. The van der Waals surface area contributed by atoms with E-state index in [2.05, 4.69) is 14.9 Å². The van der Waals surface area contributed by atoms with Gasteiger partial charge in [0.1, 0.15) is 0 Å². The normalized spacial score (nSPS) is 13.4. The van der Waals surface area contributed by atoms with Gasteiger partial charge in [-0.25, -0.2) is 8.42 Å². The molecule has 1 aromatic heterocycles. The number of nitrogens with zero attached hydrogens (tertiary/aromatic N) is 2. The van der Waals surface area contributed by atoms with Crippen molar-refractivity contribution in [3.8, 4) is 6.07 Å². The number of rotatable bonds is 5. The average Bonchev–Trinajstić information content (AvgIpc) is 2.66. The highest BCUT2D eigenvalue weighted by molar-refractivity contribution is 7.93. The Morgan fingerprint density at radius 3 is 2.65 bits per heavy atom. The summed E-state index contributed by atoms with van der Waals surface area (Å²) in [7, 11) is -3.68. The monoisotopic (exact) mass is 256 g/mol. The molecule has 1 unspecified atom stereocenters. The van der Waals surface area contributed by atoms with Crippen LogP contribution < -0.4 is 4.72 Å². The number of sulfonamides is 1. The summed E-state index contributed by atoms with van der Waals surface area (Å²) in [6.07, 6.45) is 0.243. The summed E-state index contributed by atoms with van der Waals surface area (Å²) >= 11 is 0. The van der Waals surface area contributed by atoms with Gasteiger partial charge in [0, 0.05) is 11.8 Å². The van der Waals surface area contributed by atoms with Crippen molar-refractivity contribution in [2.75, 3.05) is 4.72 Å². The van der Waals surface area contributed by atoms with Crippen LogP contribution in [0.15, 0.2) is 6.07 Å². The third kappa shape index (κ3) is 3.20. The molecule has 17 heavy (non-hydrogen) atoms. The number of hydrogen-bond donors (Lipinski definition) is 2. The zero-order chi connectivity index (χ0) is 13.1. The standard InChI is InChI=1S/C10H16N4O2S/c1-4-8(6-11)17(15,16)14-10-5-9(7(2)3)12-13-10/h5,7-8H,4H2,1-3H3,(H2,12,13,14). The molecule has 0 aliphatic rings. The predicted molar refractivity (Wildman–Crippen MR) is 64.9 cm³/mol. The molecule has 0 radical (unpaired) electrons. The number of aromatic nitrogens is 2. The van der Waals surface area contributed by atoms with Crippen molar-refractivity contribution in [3.05, 3.63) is 11.8 Å². The Balaban J connectivity index is 2.87. The molecule has 0 spiro atoms. The lowest BCUT2D eigenvalue weighted by Gasteiger charge is -2.08. The number of H-pyrrole nitrogens is 1. The Bertz CT molecular complexity index is 513. The molecular formula is C10H16N4O2S. The first-order valence-electron chi connectivity index (χ1n) is 5.37. The van der Waals surface area contributed by atoms with Crippen LogP contribution in [0, 0.1) is 11.3 Å². The Hall–Kier alpha value is -1.55. The smallest absolute Gasteiger partial charge is 0.250 e. The van der Waals surface area contributed by atoms with Crippen LogP contribution in [0.5, 0.6) is 0 Å². The molecule has 0 bridgehead atoms. The third-order valence-corrected chi connectivity index (χ3v) is 4.04. The van der Waals surface area contributed by atoms with E-state index in [0.717, 1.165) is 5.69 Å². The van der Waals surface area contributed by atoms with E-state index < -0.39 is 15.3 Å². The van der Waals surface area contributed by atoms with E-state index in [-0.39, 0.29) is 18.2 Å². The molecule has 0 amide bonds. The molecule has 0 fully saturated rings. The summed E-state index contributed by atoms with van der Waals surface area (Å²) in [6, 6.07) is 3.38. The van der Waals surface area contributed by atoms with Gasteiger partial charge in [-0.2, -0.15) is 10.4 Å². The van der Waals surface area contributed by atoms with Gasteiger partial charge in [-0.05, 0) is 12.3 Å². The molecule has 1 aromatic rings. The lowest BCUT2D eigenvalue weighted by molar-refractivity contribution is 0.592. The highest BCUT2D eigenvalue weighted by Crippen LogP contribution is 2.17. The molecule has 0 aliphatic carbocycles. The summed E-state index contributed by atoms with van der Waals surface area (Å²) in [5.41, 5.74) is 0.840. The molecule has 1 atom stereocenters. The van der Waals surface area contributed by atoms with E-state index in [1.54, 1.807) is 19.1 Å². The van der Waals surface area contributed by atoms with Crippen molar-refractivity contribution in [2.24, 2.45) is 0 Å². The number of anilines is 1. The Kier molecular flexibility index (Phi) is 4.12. The van der Waals surface area contributed by atoms with Gasteiger partial charge >= 0.3 is 0 Å². The van der Waals surface area contributed by atoms with Crippen LogP contribution >= 0.6 is 0 Å². The van der Waals surface area contributed by atoms with E-state index >= 15 is 0 Å². The van der Waals surface area contributed by atoms with Gasteiger partial charge in [0.15, 0.2) is 11.1 Å². The minimum Gasteiger partial charge on any atom is -0.280 e. The molecule has 0 aliphatic heterocycles. The number of aromatic amines is 1. The zero-order valence-electron chi connectivity index (χ0n) is 10.1. The fraction of sp³-hybridized carbons (Fsp3) is 0.600. The maximum atomic E-state index is 11.8. The lowest BCUT2D eigenvalue weighted by atomic mass is 10.1. The van der Waals surface area contributed by atoms with Gasteiger partial charge in [0.2, 0.25) is 10.0 Å². The first-order valence-corrected chi connectivity index (χ1v) is 6.92. The second-order valence-corrected chi connectivity index (χ2v) is 5.90. The lowest BCUT2D eigenvalue weighted by Crippen LogP contribution is -2.26. The van der Waals surface area contributed by atoms with Gasteiger partial charge in [-0.1, -0.05) is 20.8 Å². The van der Waals surface area contributed by atoms with E-state index in [4.69, 9.17) is 5.26 Å². The van der Waals surface area contributed by atoms with Crippen LogP contribution in [-0.4, -0.2) is 23.9 Å². The van der Waals surface area contributed by atoms with Crippen molar-refractivity contribution in [1.82, 2.24) is 10.2 Å². The molecule has 94 valence electrons. The van der Waals surface area contributed by atoms with Crippen molar-refractivity contribution in [3.63, 3.8) is 0 Å². The number of nitriles is 1. The fourth-order valence-electron chi connectivity index (χ4n) is 1.28. The predicted octanol–water partition coefficient (Wildman–Crippen LogP) is 1.58. The first kappa shape index (κ1) is 13.5. The van der Waals surface area contributed by atoms with E-state index in [9.17, 15) is 8.42 Å². The SMILES string of the molecule is CCC(C#N)S(=O)(=O)Nc1cc(C(C)C)[nH]n1. The summed E-state index contributed by atoms with van der Waals surface area (Å²) in [4.78, 5) is 0. The maximum Gasteiger partial charge on any atom is 0.250 e. The second-order valence-electron chi connectivity index (χ2n) is 4.04. The summed E-state index contributed by atoms with van der Waals surface area (Å²) in [5.74, 6) is 0.459. The van der Waals surface area contributed by atoms with Gasteiger partial charge in [0.25, 0.3) is 0 Å². The average molecular weight is 256 g/mol. The largest absolute Gasteiger partial charge is 0.280 e. The van der Waals surface area contributed by atoms with E-state index in [1.165, 1.54) is 0 Å². The quantitative estimate of drug-likeness (QED) is 0.835. The van der Waals surface area contributed by atoms with E-state index in [1.807, 2.05) is 13.8 Å². The number of nitrogens with one attached hydrogen (secondary N) is 2. The molecular weight excluding hydrogens is 240 g/mol. The molecule has 2 N–H and O–H groups in total. The van der Waals surface area contributed by atoms with Crippen LogP contribution in [0.25, 0.3) is 0 Å². The Morgan fingerprint density at radius 2 is 2.24 bits per heavy atom. The Labute approximate surface area is 101 Å². The Morgan fingerprint density at radius 1 is 1.59 bits per heavy atom. The third-order valence-electron chi connectivity index (χ3n) is 2.36. The van der Waals surface area contributed by atoms with Crippen LogP contribution in [0.2, 0.25) is 0 Å². The van der Waals surface area contributed by atoms with Crippen LogP contribution in [0.1, 0.15) is 38.8 Å². The van der Waals surface area contributed by atoms with Crippen molar-refractivity contribution < 1.29 is 8.42 Å². The fourth-order valence-corrected chi connectivity index (χ4v) is 2.40. The summed E-state index contributed by atoms with van der Waals surface area (Å²) < 4.78 is 25.8. The molecule has 0 saturated carbocycles. The van der Waals surface area contributed by atoms with Crippen LogP contribution in [0.4, 0.5) is 5.82 Å². The van der Waals surface area contributed by atoms with E-state index in [0.29, 0.717) is 0 Å². The van der Waals surface area contributed by atoms with Crippen LogP contribution in [0.3, 0.4) is 0 Å². The highest BCUT2D eigenvalue weighted by atomic mass is 32.2. The molecule has 1 rings (SSSR count). The minimum absolute atomic E-state index is 0.224. The van der Waals surface area contributed by atoms with Crippen LogP contribution in [-0.2, 0) is 10.0 Å². The maximum absolute atomic E-state index is 11.8. The van der Waals surface area contributed by atoms with Crippen molar-refractivity contribution in [2.45, 2.75) is 38.4 Å². The molecule has 6 nitrogen and oxygen atoms in total. The molecule has 7 heteroatoms. The first-order chi connectivity index (χ1) is 7.90. The highest BCUT2D eigenvalue weighted by Gasteiger charge is 2.24. The topological polar surface area (TPSA) is 98.6 Å². The summed E-state index contributed by atoms with van der Waals surface area (Å²) in [6.45, 7) is 5.59. The number of hydrogen-bond acceptors (Lipinski definition) is 4. The van der Waals surface area contributed by atoms with Crippen molar-refractivity contribution >= 4 is 15.8 Å².